The van der Waals surface area contributed by atoms with Crippen LogP contribution in [0.3, 0.4) is 0 Å². The molecule has 0 aliphatic rings. The summed E-state index contributed by atoms with van der Waals surface area (Å²) in [5.74, 6) is -1.28. The van der Waals surface area contributed by atoms with Crippen LogP contribution < -0.4 is 10.6 Å². The van der Waals surface area contributed by atoms with E-state index >= 15 is 0 Å². The van der Waals surface area contributed by atoms with Crippen molar-refractivity contribution in [2.75, 3.05) is 33.0 Å². The molecule has 0 saturated heterocycles. The molecule has 10 heteroatoms. The van der Waals surface area contributed by atoms with Gasteiger partial charge in [0.25, 0.3) is 0 Å². The molecule has 0 radical (unpaired) electrons. The first-order chi connectivity index (χ1) is 13.3. The minimum atomic E-state index is -1.14. The number of nitrogens with one attached hydrogen (secondary N) is 2. The maximum atomic E-state index is 12.0. The fraction of sp³-hybridized carbons (Fsp3) is 0.556. The van der Waals surface area contributed by atoms with Crippen molar-refractivity contribution in [2.24, 2.45) is 0 Å². The Balaban J connectivity index is 5.31. The molecule has 0 fully saturated rings. The summed E-state index contributed by atoms with van der Waals surface area (Å²) in [5.41, 5.74) is -1.14. The molecule has 0 saturated carbocycles. The van der Waals surface area contributed by atoms with Gasteiger partial charge in [0, 0.05) is 31.5 Å². The van der Waals surface area contributed by atoms with Crippen molar-refractivity contribution in [3.63, 3.8) is 0 Å². The molecule has 10 nitrogen and oxygen atoms in total. The molecule has 158 valence electrons. The Hall–Kier alpha value is -3.04. The highest BCUT2D eigenvalue weighted by Gasteiger charge is 2.34. The molecule has 0 heterocycles. The van der Waals surface area contributed by atoms with Crippen LogP contribution in [0.1, 0.15) is 26.7 Å². The number of carbonyl (C=O) groups is 4. The number of rotatable bonds is 13. The van der Waals surface area contributed by atoms with Gasteiger partial charge in [0.1, 0.15) is 0 Å². The van der Waals surface area contributed by atoms with Gasteiger partial charge in [-0.2, -0.15) is 0 Å². The fourth-order valence-electron chi connectivity index (χ4n) is 2.09. The monoisotopic (exact) mass is 400 g/mol. The first-order valence-electron chi connectivity index (χ1n) is 8.76. The number of hydrogen-bond donors (Lipinski definition) is 2. The summed E-state index contributed by atoms with van der Waals surface area (Å²) in [5, 5.41) is 5.17. The highest BCUT2D eigenvalue weighted by Crippen LogP contribution is 2.17. The van der Waals surface area contributed by atoms with E-state index in [9.17, 15) is 19.2 Å². The molecule has 0 rings (SSSR count). The van der Waals surface area contributed by atoms with Crippen LogP contribution in [-0.2, 0) is 28.5 Å². The van der Waals surface area contributed by atoms with Gasteiger partial charge in [0.05, 0.1) is 32.0 Å². The van der Waals surface area contributed by atoms with E-state index in [1.54, 1.807) is 13.8 Å². The zero-order chi connectivity index (χ0) is 21.4. The zero-order valence-corrected chi connectivity index (χ0v) is 16.3. The Kier molecular flexibility index (Phi) is 12.5. The zero-order valence-electron chi connectivity index (χ0n) is 16.3. The van der Waals surface area contributed by atoms with Crippen molar-refractivity contribution in [3.8, 4) is 0 Å². The Bertz CT molecular complexity index is 536. The Labute approximate surface area is 164 Å². The second kappa shape index (κ2) is 14.1. The molecule has 0 aromatic carbocycles. The fourth-order valence-corrected chi connectivity index (χ4v) is 2.09. The van der Waals surface area contributed by atoms with E-state index in [4.69, 9.17) is 18.9 Å². The standard InChI is InChI=1S/C18H28N2O8/c1-5-14(21)27-11-9-18(20-17(24)26-8-4,10-12-28-15(22)6-2)13-19-16(23)25-7-3/h5-6H,1-2,7-13H2,3-4H3,(H,19,23)(H,20,24). The minimum Gasteiger partial charge on any atom is -0.462 e. The number of carbonyl (C=O) groups excluding carboxylic acids is 4. The third-order valence-electron chi connectivity index (χ3n) is 3.47. The van der Waals surface area contributed by atoms with Crippen molar-refractivity contribution in [1.29, 1.82) is 0 Å². The van der Waals surface area contributed by atoms with Crippen molar-refractivity contribution in [2.45, 2.75) is 32.2 Å². The smallest absolute Gasteiger partial charge is 0.407 e. The Morgan fingerprint density at radius 3 is 1.71 bits per heavy atom. The number of hydrogen-bond acceptors (Lipinski definition) is 8. The van der Waals surface area contributed by atoms with E-state index in [-0.39, 0.29) is 45.8 Å². The Morgan fingerprint density at radius 2 is 1.29 bits per heavy atom. The maximum absolute atomic E-state index is 12.0. The number of ether oxygens (including phenoxy) is 4. The molecule has 0 aliphatic carbocycles. The molecule has 28 heavy (non-hydrogen) atoms. The van der Waals surface area contributed by atoms with Crippen LogP contribution in [0.15, 0.2) is 25.3 Å². The van der Waals surface area contributed by atoms with Crippen LogP contribution >= 0.6 is 0 Å². The number of esters is 2. The van der Waals surface area contributed by atoms with Gasteiger partial charge in [0.2, 0.25) is 0 Å². The molecule has 0 aromatic heterocycles. The van der Waals surface area contributed by atoms with E-state index in [0.717, 1.165) is 12.2 Å². The first-order valence-corrected chi connectivity index (χ1v) is 8.76. The first kappa shape index (κ1) is 25.0. The average molecular weight is 400 g/mol. The lowest BCUT2D eigenvalue weighted by atomic mass is 9.91. The summed E-state index contributed by atoms with van der Waals surface area (Å²) in [6.45, 7) is 9.93. The lowest BCUT2D eigenvalue weighted by Gasteiger charge is -2.34. The van der Waals surface area contributed by atoms with Gasteiger partial charge in [-0.05, 0) is 13.8 Å². The van der Waals surface area contributed by atoms with E-state index in [1.807, 2.05) is 0 Å². The lowest BCUT2D eigenvalue weighted by Crippen LogP contribution is -2.57. The van der Waals surface area contributed by atoms with E-state index in [2.05, 4.69) is 23.8 Å². The summed E-state index contributed by atoms with van der Waals surface area (Å²) in [6.07, 6.45) is 0.779. The highest BCUT2D eigenvalue weighted by molar-refractivity contribution is 5.81. The van der Waals surface area contributed by atoms with Crippen molar-refractivity contribution >= 4 is 24.1 Å². The van der Waals surface area contributed by atoms with Crippen LogP contribution in [0.25, 0.3) is 0 Å². The van der Waals surface area contributed by atoms with Crippen molar-refractivity contribution in [1.82, 2.24) is 10.6 Å². The Morgan fingerprint density at radius 1 is 0.821 bits per heavy atom. The molecule has 0 spiro atoms. The van der Waals surface area contributed by atoms with Crippen LogP contribution in [0.2, 0.25) is 0 Å². The lowest BCUT2D eigenvalue weighted by molar-refractivity contribution is -0.138. The van der Waals surface area contributed by atoms with Gasteiger partial charge in [-0.15, -0.1) is 0 Å². The van der Waals surface area contributed by atoms with Gasteiger partial charge in [-0.25, -0.2) is 19.2 Å². The van der Waals surface area contributed by atoms with E-state index < -0.39 is 29.7 Å². The van der Waals surface area contributed by atoms with Crippen molar-refractivity contribution < 1.29 is 38.1 Å². The molecule has 0 bridgehead atoms. The predicted molar refractivity (Wildman–Crippen MR) is 99.5 cm³/mol. The molecule has 0 unspecified atom stereocenters. The van der Waals surface area contributed by atoms with Gasteiger partial charge >= 0.3 is 24.1 Å². The van der Waals surface area contributed by atoms with Gasteiger partial charge in [-0.1, -0.05) is 13.2 Å². The molecule has 0 atom stereocenters. The van der Waals surface area contributed by atoms with Crippen LogP contribution in [0.5, 0.6) is 0 Å². The average Bonchev–Trinajstić information content (AvgIpc) is 2.66. The molecular weight excluding hydrogens is 372 g/mol. The third kappa shape index (κ3) is 10.8. The second-order valence-corrected chi connectivity index (χ2v) is 5.44. The molecular formula is C18H28N2O8. The number of alkyl carbamates (subject to hydrolysis) is 2. The van der Waals surface area contributed by atoms with Gasteiger partial charge < -0.3 is 29.6 Å². The topological polar surface area (TPSA) is 129 Å². The second-order valence-electron chi connectivity index (χ2n) is 5.44. The summed E-state index contributed by atoms with van der Waals surface area (Å²) in [7, 11) is 0. The largest absolute Gasteiger partial charge is 0.462 e. The molecule has 2 N–H and O–H groups in total. The predicted octanol–water partition coefficient (Wildman–Crippen LogP) is 1.46. The van der Waals surface area contributed by atoms with E-state index in [1.165, 1.54) is 0 Å². The highest BCUT2D eigenvalue weighted by atomic mass is 16.6. The summed E-state index contributed by atoms with van der Waals surface area (Å²) in [4.78, 5) is 46.3. The van der Waals surface area contributed by atoms with Crippen LogP contribution in [-0.4, -0.2) is 62.6 Å². The minimum absolute atomic E-state index is 0.0814. The normalized spacial score (nSPS) is 10.2. The molecule has 2 amide bonds. The van der Waals surface area contributed by atoms with E-state index in [0.29, 0.717) is 0 Å². The molecule has 0 aliphatic heterocycles. The number of amides is 2. The molecule has 0 aromatic rings. The summed E-state index contributed by atoms with van der Waals surface area (Å²) < 4.78 is 19.7. The van der Waals surface area contributed by atoms with Crippen molar-refractivity contribution in [3.05, 3.63) is 25.3 Å². The third-order valence-corrected chi connectivity index (χ3v) is 3.47. The van der Waals surface area contributed by atoms with Crippen LogP contribution in [0.4, 0.5) is 9.59 Å². The van der Waals surface area contributed by atoms with Gasteiger partial charge in [-0.3, -0.25) is 0 Å². The van der Waals surface area contributed by atoms with Crippen LogP contribution in [0, 0.1) is 0 Å². The quantitative estimate of drug-likeness (QED) is 0.270. The SMILES string of the molecule is C=CC(=O)OCCC(CCOC(=O)C=C)(CNC(=O)OCC)NC(=O)OCC. The summed E-state index contributed by atoms with van der Waals surface area (Å²) >= 11 is 0. The van der Waals surface area contributed by atoms with Gasteiger partial charge in [0.15, 0.2) is 0 Å². The maximum Gasteiger partial charge on any atom is 0.407 e. The summed E-state index contributed by atoms with van der Waals surface area (Å²) in [6, 6.07) is 0.